The van der Waals surface area contributed by atoms with Gasteiger partial charge in [-0.05, 0) is 52.9 Å². The minimum absolute atomic E-state index is 0.139. The molecule has 1 fully saturated rings. The highest BCUT2D eigenvalue weighted by Gasteiger charge is 2.28. The molecule has 0 saturated carbocycles. The first-order valence-corrected chi connectivity index (χ1v) is 7.84. The lowest BCUT2D eigenvalue weighted by atomic mass is 9.87. The summed E-state index contributed by atoms with van der Waals surface area (Å²) in [6.07, 6.45) is 3.90. The molecule has 1 aliphatic heterocycles. The van der Waals surface area contributed by atoms with Crippen LogP contribution in [0.2, 0.25) is 0 Å². The van der Waals surface area contributed by atoms with Crippen LogP contribution in [0.3, 0.4) is 0 Å². The molecule has 0 aliphatic carbocycles. The van der Waals surface area contributed by atoms with Gasteiger partial charge in [0.1, 0.15) is 6.04 Å². The smallest absolute Gasteiger partial charge is 0.162 e. The van der Waals surface area contributed by atoms with Crippen molar-refractivity contribution in [3.05, 3.63) is 54.4 Å². The van der Waals surface area contributed by atoms with Crippen LogP contribution in [0.25, 0.3) is 10.8 Å². The Morgan fingerprint density at radius 1 is 1.14 bits per heavy atom. The molecule has 112 valence electrons. The van der Waals surface area contributed by atoms with Crippen LogP contribution in [-0.2, 0) is 0 Å². The molecular weight excluding hydrogens is 274 g/mol. The van der Waals surface area contributed by atoms with Crippen molar-refractivity contribution in [2.45, 2.75) is 18.9 Å². The van der Waals surface area contributed by atoms with Gasteiger partial charge in [-0.2, -0.15) is 4.80 Å². The summed E-state index contributed by atoms with van der Waals surface area (Å²) in [4.78, 5) is 1.77. The number of fused-ring (bicyclic) bond motifs is 1. The first kappa shape index (κ1) is 13.4. The van der Waals surface area contributed by atoms with Gasteiger partial charge >= 0.3 is 0 Å². The van der Waals surface area contributed by atoms with Crippen LogP contribution in [0.1, 0.15) is 24.4 Å². The fourth-order valence-electron chi connectivity index (χ4n) is 3.44. The Hall–Kier alpha value is -2.27. The van der Waals surface area contributed by atoms with Crippen LogP contribution in [0.4, 0.5) is 0 Å². The number of rotatable bonds is 3. The normalized spacial score (nSPS) is 20.1. The summed E-state index contributed by atoms with van der Waals surface area (Å²) in [6, 6.07) is 15.2. The van der Waals surface area contributed by atoms with Crippen LogP contribution < -0.4 is 5.32 Å². The summed E-state index contributed by atoms with van der Waals surface area (Å²) >= 11 is 0. The van der Waals surface area contributed by atoms with Gasteiger partial charge in [0, 0.05) is 6.54 Å². The zero-order valence-corrected chi connectivity index (χ0v) is 12.4. The lowest BCUT2D eigenvalue weighted by molar-refractivity contribution is 0.261. The van der Waals surface area contributed by atoms with E-state index >= 15 is 0 Å². The second kappa shape index (κ2) is 5.85. The Labute approximate surface area is 129 Å². The quantitative estimate of drug-likeness (QED) is 0.806. The van der Waals surface area contributed by atoms with Gasteiger partial charge in [-0.15, -0.1) is 10.2 Å². The van der Waals surface area contributed by atoms with Crippen molar-refractivity contribution >= 4 is 10.8 Å². The number of piperidine rings is 1. The third-order valence-corrected chi connectivity index (χ3v) is 4.51. The summed E-state index contributed by atoms with van der Waals surface area (Å²) in [5.74, 6) is 0.490. The summed E-state index contributed by atoms with van der Waals surface area (Å²) in [6.45, 7) is 2.10. The van der Waals surface area contributed by atoms with E-state index in [4.69, 9.17) is 0 Å². The average Bonchev–Trinajstić information content (AvgIpc) is 3.10. The van der Waals surface area contributed by atoms with Gasteiger partial charge in [-0.25, -0.2) is 0 Å². The molecule has 0 amide bonds. The predicted molar refractivity (Wildman–Crippen MR) is 85.5 cm³/mol. The molecule has 2 atom stereocenters. The first-order chi connectivity index (χ1) is 10.9. The third kappa shape index (κ3) is 2.48. The molecule has 1 unspecified atom stereocenters. The maximum Gasteiger partial charge on any atom is 0.162 e. The van der Waals surface area contributed by atoms with Crippen molar-refractivity contribution in [2.75, 3.05) is 13.1 Å². The van der Waals surface area contributed by atoms with Crippen LogP contribution >= 0.6 is 0 Å². The molecule has 3 aromatic rings. The lowest BCUT2D eigenvalue weighted by Crippen LogP contribution is -2.36. The highest BCUT2D eigenvalue weighted by molar-refractivity contribution is 5.83. The average molecular weight is 293 g/mol. The second-order valence-corrected chi connectivity index (χ2v) is 5.91. The number of benzene rings is 2. The monoisotopic (exact) mass is 293 g/mol. The minimum atomic E-state index is 0.139. The molecule has 1 N–H and O–H groups in total. The predicted octanol–water partition coefficient (Wildman–Crippen LogP) is 2.42. The van der Waals surface area contributed by atoms with Crippen molar-refractivity contribution in [2.24, 2.45) is 5.92 Å². The first-order valence-electron chi connectivity index (χ1n) is 7.84. The molecule has 22 heavy (non-hydrogen) atoms. The second-order valence-electron chi connectivity index (χ2n) is 5.91. The van der Waals surface area contributed by atoms with Gasteiger partial charge in [-0.3, -0.25) is 0 Å². The highest BCUT2D eigenvalue weighted by Crippen LogP contribution is 2.31. The maximum absolute atomic E-state index is 4.31. The SMILES string of the molecule is c1ccc2cc([C@H](C3CCCNC3)n3ncnn3)ccc2c1. The molecule has 2 heterocycles. The van der Waals surface area contributed by atoms with Gasteiger partial charge in [0.25, 0.3) is 0 Å². The molecule has 5 heteroatoms. The van der Waals surface area contributed by atoms with Crippen molar-refractivity contribution in [1.29, 1.82) is 0 Å². The van der Waals surface area contributed by atoms with Crippen LogP contribution in [-0.4, -0.2) is 33.3 Å². The largest absolute Gasteiger partial charge is 0.316 e. The van der Waals surface area contributed by atoms with E-state index in [2.05, 4.69) is 63.2 Å². The molecule has 2 aromatic carbocycles. The van der Waals surface area contributed by atoms with E-state index in [9.17, 15) is 0 Å². The van der Waals surface area contributed by atoms with Crippen LogP contribution in [0.15, 0.2) is 48.8 Å². The zero-order chi connectivity index (χ0) is 14.8. The molecule has 4 rings (SSSR count). The molecule has 1 saturated heterocycles. The van der Waals surface area contributed by atoms with Gasteiger partial charge in [-0.1, -0.05) is 36.4 Å². The summed E-state index contributed by atoms with van der Waals surface area (Å²) in [5.41, 5.74) is 1.26. The van der Waals surface area contributed by atoms with Gasteiger partial charge < -0.3 is 5.32 Å². The fraction of sp³-hybridized carbons (Fsp3) is 0.353. The van der Waals surface area contributed by atoms with Crippen LogP contribution in [0.5, 0.6) is 0 Å². The van der Waals surface area contributed by atoms with E-state index in [1.165, 1.54) is 35.5 Å². The Bertz CT molecular complexity index is 747. The molecular formula is C17H19N5. The highest BCUT2D eigenvalue weighted by atomic mass is 15.6. The van der Waals surface area contributed by atoms with Gasteiger partial charge in [0.15, 0.2) is 6.33 Å². The van der Waals surface area contributed by atoms with Crippen molar-refractivity contribution < 1.29 is 0 Å². The van der Waals surface area contributed by atoms with Gasteiger partial charge in [0.05, 0.1) is 0 Å². The van der Waals surface area contributed by atoms with E-state index in [0.717, 1.165) is 13.1 Å². The van der Waals surface area contributed by atoms with Crippen molar-refractivity contribution in [1.82, 2.24) is 25.5 Å². The number of nitrogens with zero attached hydrogens (tertiary/aromatic N) is 4. The van der Waals surface area contributed by atoms with E-state index in [-0.39, 0.29) is 6.04 Å². The van der Waals surface area contributed by atoms with Gasteiger partial charge in [0.2, 0.25) is 0 Å². The van der Waals surface area contributed by atoms with Crippen LogP contribution in [0, 0.1) is 5.92 Å². The Morgan fingerprint density at radius 2 is 2.05 bits per heavy atom. The number of hydrogen-bond acceptors (Lipinski definition) is 4. The Kier molecular flexibility index (Phi) is 3.56. The van der Waals surface area contributed by atoms with E-state index in [1.54, 1.807) is 4.80 Å². The number of tetrazole rings is 1. The lowest BCUT2D eigenvalue weighted by Gasteiger charge is -2.30. The Morgan fingerprint density at radius 3 is 2.82 bits per heavy atom. The number of aromatic nitrogens is 4. The standard InChI is InChI=1S/C17H19N5/c1-2-5-14-10-15(8-7-13(14)4-1)17(22-20-12-19-21-22)16-6-3-9-18-11-16/h1-2,4-5,7-8,10,12,16-18H,3,6,9,11H2/t16?,17-/m1/s1. The maximum atomic E-state index is 4.31. The number of hydrogen-bond donors (Lipinski definition) is 1. The number of nitrogens with one attached hydrogen (secondary N) is 1. The molecule has 0 bridgehead atoms. The topological polar surface area (TPSA) is 55.6 Å². The van der Waals surface area contributed by atoms with E-state index in [1.807, 2.05) is 0 Å². The minimum Gasteiger partial charge on any atom is -0.316 e. The Balaban J connectivity index is 1.78. The summed E-state index contributed by atoms with van der Waals surface area (Å²) in [7, 11) is 0. The molecule has 0 radical (unpaired) electrons. The molecule has 1 aromatic heterocycles. The fourth-order valence-corrected chi connectivity index (χ4v) is 3.44. The molecule has 5 nitrogen and oxygen atoms in total. The summed E-state index contributed by atoms with van der Waals surface area (Å²) in [5, 5.41) is 18.4. The van der Waals surface area contributed by atoms with Crippen molar-refractivity contribution in [3.8, 4) is 0 Å². The zero-order valence-electron chi connectivity index (χ0n) is 12.4. The van der Waals surface area contributed by atoms with E-state index in [0.29, 0.717) is 5.92 Å². The van der Waals surface area contributed by atoms with Crippen molar-refractivity contribution in [3.63, 3.8) is 0 Å². The molecule has 0 spiro atoms. The molecule has 1 aliphatic rings. The summed E-state index contributed by atoms with van der Waals surface area (Å²) < 4.78 is 0. The third-order valence-electron chi connectivity index (χ3n) is 4.51. The van der Waals surface area contributed by atoms with E-state index < -0.39 is 0 Å².